The van der Waals surface area contributed by atoms with Crippen molar-refractivity contribution in [3.63, 3.8) is 0 Å². The van der Waals surface area contributed by atoms with E-state index in [2.05, 4.69) is 40.6 Å². The van der Waals surface area contributed by atoms with E-state index in [4.69, 9.17) is 0 Å². The summed E-state index contributed by atoms with van der Waals surface area (Å²) in [4.78, 5) is 25.7. The van der Waals surface area contributed by atoms with Crippen LogP contribution in [-0.2, 0) is 0 Å². The van der Waals surface area contributed by atoms with E-state index in [1.807, 2.05) is 29.5 Å². The third kappa shape index (κ3) is 3.43. The molecule has 0 radical (unpaired) electrons. The summed E-state index contributed by atoms with van der Waals surface area (Å²) < 4.78 is 0. The molecule has 2 aromatic rings. The number of pyridine rings is 1. The van der Waals surface area contributed by atoms with Gasteiger partial charge in [-0.3, -0.25) is 9.78 Å². The first-order valence-corrected chi connectivity index (χ1v) is 11.4. The molecule has 0 bridgehead atoms. The van der Waals surface area contributed by atoms with Crippen molar-refractivity contribution in [2.45, 2.75) is 44.9 Å². The average Bonchev–Trinajstić information content (AvgIpc) is 3.27. The van der Waals surface area contributed by atoms with Gasteiger partial charge in [-0.1, -0.05) is 25.8 Å². The summed E-state index contributed by atoms with van der Waals surface area (Å²) >= 11 is 1.85. The van der Waals surface area contributed by atoms with E-state index in [0.29, 0.717) is 11.1 Å². The summed E-state index contributed by atoms with van der Waals surface area (Å²) in [5.74, 6) is 0.681. The third-order valence-corrected chi connectivity index (χ3v) is 7.51. The lowest BCUT2D eigenvalue weighted by molar-refractivity contribution is 0.447. The topological polar surface area (TPSA) is 61.5 Å². The zero-order chi connectivity index (χ0) is 20.7. The van der Waals surface area contributed by atoms with E-state index in [9.17, 15) is 4.79 Å². The van der Waals surface area contributed by atoms with Crippen molar-refractivity contribution in [3.8, 4) is 11.1 Å². The number of nitrogens with one attached hydrogen (secondary N) is 2. The molecular formula is C25H25N3OS. The highest BCUT2D eigenvalue weighted by Crippen LogP contribution is 2.38. The van der Waals surface area contributed by atoms with Crippen LogP contribution < -0.4 is 16.1 Å². The molecule has 30 heavy (non-hydrogen) atoms. The van der Waals surface area contributed by atoms with Gasteiger partial charge in [0.15, 0.2) is 0 Å². The minimum absolute atomic E-state index is 0.0715. The molecule has 2 aromatic heterocycles. The van der Waals surface area contributed by atoms with E-state index in [1.54, 1.807) is 12.4 Å². The molecule has 1 fully saturated rings. The first-order valence-electron chi connectivity index (χ1n) is 10.6. The first kappa shape index (κ1) is 19.1. The van der Waals surface area contributed by atoms with Crippen molar-refractivity contribution in [2.24, 2.45) is 0 Å². The number of thiophene rings is 1. The van der Waals surface area contributed by atoms with Gasteiger partial charge < -0.3 is 9.97 Å². The zero-order valence-corrected chi connectivity index (χ0v) is 17.9. The second-order valence-corrected chi connectivity index (χ2v) is 9.34. The van der Waals surface area contributed by atoms with Gasteiger partial charge in [-0.05, 0) is 67.2 Å². The number of aromatic amines is 2. The highest BCUT2D eigenvalue weighted by molar-refractivity contribution is 7.13. The molecule has 1 saturated carbocycles. The highest BCUT2D eigenvalue weighted by Gasteiger charge is 2.19. The Balaban J connectivity index is 1.65. The molecule has 1 aliphatic carbocycles. The Morgan fingerprint density at radius 3 is 2.67 bits per heavy atom. The maximum Gasteiger partial charge on any atom is 0.257 e. The second kappa shape index (κ2) is 7.73. The van der Waals surface area contributed by atoms with Gasteiger partial charge in [-0.25, -0.2) is 0 Å². The first-order chi connectivity index (χ1) is 14.6. The lowest BCUT2D eigenvalue weighted by atomic mass is 9.87. The summed E-state index contributed by atoms with van der Waals surface area (Å²) in [7, 11) is 0. The van der Waals surface area contributed by atoms with Gasteiger partial charge in [0.1, 0.15) is 5.48 Å². The Hall–Kier alpha value is -2.92. The number of aryl methyl sites for hydroxylation is 1. The summed E-state index contributed by atoms with van der Waals surface area (Å²) in [5.41, 5.74) is 4.00. The van der Waals surface area contributed by atoms with Gasteiger partial charge in [0.25, 0.3) is 5.56 Å². The molecular weight excluding hydrogens is 390 g/mol. The van der Waals surface area contributed by atoms with Crippen LogP contribution in [0.3, 0.4) is 0 Å². The van der Waals surface area contributed by atoms with Crippen LogP contribution in [0.5, 0.6) is 0 Å². The van der Waals surface area contributed by atoms with Gasteiger partial charge in [-0.2, -0.15) is 0 Å². The molecule has 0 saturated heterocycles. The van der Waals surface area contributed by atoms with Gasteiger partial charge >= 0.3 is 0 Å². The Labute approximate surface area is 178 Å². The standard InChI is InChI=1S/C25H25N3OS/c1-15-12-19(30-23(15)18-6-4-3-5-7-18)13-22-21-14-20(17-8-10-26-11-9-17)16(2)27-24(21)28-25(22)29/h8-14,18,27H,2-7H2,1H3,(H,28,29). The molecule has 5 rings (SSSR count). The lowest BCUT2D eigenvalue weighted by Crippen LogP contribution is -2.22. The molecule has 3 aliphatic rings. The fourth-order valence-corrected chi connectivity index (χ4v) is 5.93. The molecule has 4 heterocycles. The average molecular weight is 416 g/mol. The summed E-state index contributed by atoms with van der Waals surface area (Å²) in [6.07, 6.45) is 12.2. The maximum atomic E-state index is 12.8. The Morgan fingerprint density at radius 1 is 1.13 bits per heavy atom. The van der Waals surface area contributed by atoms with Crippen LogP contribution in [0, 0.1) is 17.6 Å². The molecule has 0 amide bonds. The Morgan fingerprint density at radius 2 is 1.90 bits per heavy atom. The summed E-state index contributed by atoms with van der Waals surface area (Å²) in [5, 5.41) is 2.37. The van der Waals surface area contributed by atoms with Crippen LogP contribution in [-0.4, -0.2) is 15.0 Å². The number of H-pyrrole nitrogens is 2. The number of hydrogen-bond donors (Lipinski definition) is 2. The quantitative estimate of drug-likeness (QED) is 0.528. The number of nitrogens with zero attached hydrogens (tertiary/aromatic N) is 1. The van der Waals surface area contributed by atoms with Crippen molar-refractivity contribution in [1.82, 2.24) is 15.0 Å². The minimum atomic E-state index is -0.0715. The van der Waals surface area contributed by atoms with Crippen LogP contribution in [0.15, 0.2) is 41.5 Å². The molecule has 0 spiro atoms. The van der Waals surface area contributed by atoms with E-state index < -0.39 is 0 Å². The molecule has 4 nitrogen and oxygen atoms in total. The zero-order valence-electron chi connectivity index (χ0n) is 17.1. The van der Waals surface area contributed by atoms with Gasteiger partial charge in [0.2, 0.25) is 0 Å². The van der Waals surface area contributed by atoms with Crippen LogP contribution >= 0.6 is 11.3 Å². The van der Waals surface area contributed by atoms with Crippen LogP contribution in [0.1, 0.15) is 53.3 Å². The van der Waals surface area contributed by atoms with Crippen LogP contribution in [0.4, 0.5) is 0 Å². The Bertz CT molecular complexity index is 1420. The van der Waals surface area contributed by atoms with Gasteiger partial charge in [0, 0.05) is 38.3 Å². The van der Waals surface area contributed by atoms with Crippen molar-refractivity contribution in [1.29, 1.82) is 0 Å². The van der Waals surface area contributed by atoms with E-state index >= 15 is 0 Å². The van der Waals surface area contributed by atoms with Gasteiger partial charge in [-0.15, -0.1) is 11.3 Å². The number of rotatable bonds is 3. The fourth-order valence-electron chi connectivity index (χ4n) is 4.64. The molecule has 5 heteroatoms. The van der Waals surface area contributed by atoms with Crippen molar-refractivity contribution < 1.29 is 0 Å². The predicted molar refractivity (Wildman–Crippen MR) is 123 cm³/mol. The smallest absolute Gasteiger partial charge is 0.257 e. The lowest BCUT2D eigenvalue weighted by Gasteiger charge is -2.21. The summed E-state index contributed by atoms with van der Waals surface area (Å²) in [6, 6.07) is 8.19. The molecule has 2 aliphatic heterocycles. The molecule has 0 atom stereocenters. The monoisotopic (exact) mass is 415 g/mol. The van der Waals surface area contributed by atoms with Crippen LogP contribution in [0.25, 0.3) is 23.8 Å². The summed E-state index contributed by atoms with van der Waals surface area (Å²) in [6.45, 7) is 6.33. The largest absolute Gasteiger partial charge is 0.341 e. The minimum Gasteiger partial charge on any atom is -0.341 e. The molecule has 0 aromatic carbocycles. The maximum absolute atomic E-state index is 12.8. The number of hydrogen-bond acceptors (Lipinski definition) is 3. The molecule has 0 unspecified atom stereocenters. The van der Waals surface area contributed by atoms with Crippen molar-refractivity contribution in [2.75, 3.05) is 0 Å². The van der Waals surface area contributed by atoms with Crippen LogP contribution in [0.2, 0.25) is 0 Å². The molecule has 2 N–H and O–H groups in total. The fraction of sp³-hybridized carbons (Fsp3) is 0.280. The number of aromatic nitrogens is 3. The molecule has 152 valence electrons. The van der Waals surface area contributed by atoms with E-state index in [1.165, 1.54) is 42.5 Å². The van der Waals surface area contributed by atoms with Crippen molar-refractivity contribution >= 4 is 24.0 Å². The highest BCUT2D eigenvalue weighted by atomic mass is 32.1. The predicted octanol–water partition coefficient (Wildman–Crippen LogP) is 4.15. The SMILES string of the molecule is C=c1[nH]c2[nH]c(=O)c(=Cc3cc(C)c(C4CCCCC4)s3)c=2cc1-c1ccncc1. The third-order valence-electron chi connectivity index (χ3n) is 6.16. The van der Waals surface area contributed by atoms with Crippen molar-refractivity contribution in [3.05, 3.63) is 83.6 Å². The Kier molecular flexibility index (Phi) is 4.91. The normalized spacial score (nSPS) is 15.8. The second-order valence-electron chi connectivity index (χ2n) is 8.23. The van der Waals surface area contributed by atoms with E-state index in [0.717, 1.165) is 32.1 Å². The van der Waals surface area contributed by atoms with Gasteiger partial charge in [0.05, 0.1) is 5.22 Å². The van der Waals surface area contributed by atoms with E-state index in [-0.39, 0.29) is 5.56 Å².